The van der Waals surface area contributed by atoms with E-state index in [0.29, 0.717) is 23.9 Å². The summed E-state index contributed by atoms with van der Waals surface area (Å²) in [5, 5.41) is 6.89. The molecule has 1 amide bonds. The summed E-state index contributed by atoms with van der Waals surface area (Å²) in [6.45, 7) is 8.16. The average Bonchev–Trinajstić information content (AvgIpc) is 2.87. The quantitative estimate of drug-likeness (QED) is 0.833. The third-order valence-corrected chi connectivity index (χ3v) is 6.42. The van der Waals surface area contributed by atoms with Gasteiger partial charge in [-0.05, 0) is 55.4 Å². The maximum Gasteiger partial charge on any atom is 0.221 e. The van der Waals surface area contributed by atoms with Gasteiger partial charge >= 0.3 is 0 Å². The van der Waals surface area contributed by atoms with Gasteiger partial charge < -0.3 is 10.6 Å². The van der Waals surface area contributed by atoms with Crippen molar-refractivity contribution < 1.29 is 4.79 Å². The molecule has 1 saturated heterocycles. The molecule has 0 aromatic rings. The minimum absolute atomic E-state index is 0.260. The van der Waals surface area contributed by atoms with Crippen LogP contribution in [0.5, 0.6) is 0 Å². The normalized spacial score (nSPS) is 42.6. The van der Waals surface area contributed by atoms with Crippen LogP contribution in [0.3, 0.4) is 0 Å². The number of carbonyl (C=O) groups is 1. The molecule has 2 N–H and O–H groups in total. The summed E-state index contributed by atoms with van der Waals surface area (Å²) in [6, 6.07) is 0.767. The number of fused-ring (bicyclic) bond motifs is 2. The zero-order valence-electron chi connectivity index (χ0n) is 13.3. The van der Waals surface area contributed by atoms with E-state index in [2.05, 4.69) is 31.4 Å². The summed E-state index contributed by atoms with van der Waals surface area (Å²) in [7, 11) is 0. The van der Waals surface area contributed by atoms with E-state index in [1.807, 2.05) is 0 Å². The van der Waals surface area contributed by atoms with Crippen LogP contribution in [0.2, 0.25) is 0 Å². The van der Waals surface area contributed by atoms with Gasteiger partial charge in [0.15, 0.2) is 0 Å². The molecular weight excluding hydrogens is 248 g/mol. The highest BCUT2D eigenvalue weighted by atomic mass is 16.1. The maximum absolute atomic E-state index is 12.4. The van der Waals surface area contributed by atoms with Crippen molar-refractivity contribution in [3.63, 3.8) is 0 Å². The second-order valence-electron chi connectivity index (χ2n) is 8.27. The first-order valence-electron chi connectivity index (χ1n) is 8.44. The van der Waals surface area contributed by atoms with Crippen LogP contribution in [0, 0.1) is 16.7 Å². The second kappa shape index (κ2) is 5.01. The number of hydrogen-bond donors (Lipinski definition) is 2. The molecule has 3 aliphatic rings. The number of nitrogens with one attached hydrogen (secondary N) is 2. The molecule has 2 bridgehead atoms. The van der Waals surface area contributed by atoms with E-state index in [9.17, 15) is 4.79 Å². The third-order valence-electron chi connectivity index (χ3n) is 6.42. The SMILES string of the molecule is CC12CCC(C1)C(C)(C)C2NC(=O)CC1CCCCN1. The van der Waals surface area contributed by atoms with Crippen molar-refractivity contribution in [2.75, 3.05) is 6.54 Å². The molecule has 0 aromatic heterocycles. The predicted molar refractivity (Wildman–Crippen MR) is 81.4 cm³/mol. The Hall–Kier alpha value is -0.570. The van der Waals surface area contributed by atoms with Crippen LogP contribution in [-0.4, -0.2) is 24.5 Å². The number of hydrogen-bond acceptors (Lipinski definition) is 2. The van der Waals surface area contributed by atoms with Crippen molar-refractivity contribution in [2.45, 2.75) is 77.8 Å². The Labute approximate surface area is 123 Å². The summed E-state index contributed by atoms with van der Waals surface area (Å²) in [4.78, 5) is 12.4. The van der Waals surface area contributed by atoms with Crippen molar-refractivity contribution in [3.8, 4) is 0 Å². The van der Waals surface area contributed by atoms with Gasteiger partial charge in [-0.25, -0.2) is 0 Å². The molecule has 3 fully saturated rings. The zero-order chi connectivity index (χ0) is 14.4. The summed E-state index contributed by atoms with van der Waals surface area (Å²) >= 11 is 0. The van der Waals surface area contributed by atoms with Crippen LogP contribution in [0.15, 0.2) is 0 Å². The number of amides is 1. The molecule has 114 valence electrons. The first-order valence-corrected chi connectivity index (χ1v) is 8.44. The number of piperidine rings is 1. The van der Waals surface area contributed by atoms with E-state index in [4.69, 9.17) is 0 Å². The second-order valence-corrected chi connectivity index (χ2v) is 8.27. The molecule has 0 spiro atoms. The van der Waals surface area contributed by atoms with E-state index in [-0.39, 0.29) is 11.3 Å². The van der Waals surface area contributed by atoms with Crippen LogP contribution in [0.1, 0.15) is 65.7 Å². The van der Waals surface area contributed by atoms with Crippen LogP contribution < -0.4 is 10.6 Å². The van der Waals surface area contributed by atoms with Gasteiger partial charge in [-0.2, -0.15) is 0 Å². The maximum atomic E-state index is 12.4. The van der Waals surface area contributed by atoms with Gasteiger partial charge in [0.2, 0.25) is 5.91 Å². The lowest BCUT2D eigenvalue weighted by molar-refractivity contribution is -0.124. The van der Waals surface area contributed by atoms with Crippen molar-refractivity contribution in [2.24, 2.45) is 16.7 Å². The van der Waals surface area contributed by atoms with Crippen molar-refractivity contribution in [1.29, 1.82) is 0 Å². The molecule has 1 heterocycles. The monoisotopic (exact) mass is 278 g/mol. The Morgan fingerprint density at radius 1 is 1.25 bits per heavy atom. The first kappa shape index (κ1) is 14.4. The van der Waals surface area contributed by atoms with Gasteiger partial charge in [0.05, 0.1) is 0 Å². The molecule has 3 heteroatoms. The third kappa shape index (κ3) is 2.38. The van der Waals surface area contributed by atoms with Gasteiger partial charge in [0.1, 0.15) is 0 Å². The smallest absolute Gasteiger partial charge is 0.221 e. The van der Waals surface area contributed by atoms with Gasteiger partial charge in [0.25, 0.3) is 0 Å². The largest absolute Gasteiger partial charge is 0.352 e. The molecule has 2 aliphatic carbocycles. The fraction of sp³-hybridized carbons (Fsp3) is 0.941. The molecule has 4 atom stereocenters. The molecule has 3 rings (SSSR count). The molecular formula is C17H30N2O. The Morgan fingerprint density at radius 2 is 2.05 bits per heavy atom. The van der Waals surface area contributed by atoms with Crippen LogP contribution in [0.25, 0.3) is 0 Å². The summed E-state index contributed by atoms with van der Waals surface area (Å²) in [5.74, 6) is 1.06. The molecule has 4 unspecified atom stereocenters. The highest BCUT2D eigenvalue weighted by Crippen LogP contribution is 2.62. The molecule has 3 nitrogen and oxygen atoms in total. The standard InChI is InChI=1S/C17H30N2O/c1-16(2)12-7-8-17(3,11-12)15(16)19-14(20)10-13-6-4-5-9-18-13/h12-13,15,18H,4-11H2,1-3H3,(H,19,20). The highest BCUT2D eigenvalue weighted by molar-refractivity contribution is 5.77. The van der Waals surface area contributed by atoms with Gasteiger partial charge in [-0.1, -0.05) is 27.2 Å². The number of rotatable bonds is 3. The molecule has 1 aliphatic heterocycles. The zero-order valence-corrected chi connectivity index (χ0v) is 13.3. The van der Waals surface area contributed by atoms with E-state index < -0.39 is 0 Å². The van der Waals surface area contributed by atoms with E-state index in [0.717, 1.165) is 18.9 Å². The van der Waals surface area contributed by atoms with Crippen LogP contribution in [0.4, 0.5) is 0 Å². The summed E-state index contributed by atoms with van der Waals surface area (Å²) in [5.41, 5.74) is 0.604. The lowest BCUT2D eigenvalue weighted by Crippen LogP contribution is -2.53. The summed E-state index contributed by atoms with van der Waals surface area (Å²) in [6.07, 6.45) is 8.27. The fourth-order valence-corrected chi connectivity index (χ4v) is 5.20. The molecule has 0 aromatic carbocycles. The minimum atomic E-state index is 0.260. The van der Waals surface area contributed by atoms with Crippen molar-refractivity contribution in [1.82, 2.24) is 10.6 Å². The molecule has 20 heavy (non-hydrogen) atoms. The van der Waals surface area contributed by atoms with Crippen LogP contribution in [-0.2, 0) is 4.79 Å². The average molecular weight is 278 g/mol. The predicted octanol–water partition coefficient (Wildman–Crippen LogP) is 2.85. The topological polar surface area (TPSA) is 41.1 Å². The lowest BCUT2D eigenvalue weighted by atomic mass is 9.68. The molecule has 2 saturated carbocycles. The Morgan fingerprint density at radius 3 is 2.65 bits per heavy atom. The van der Waals surface area contributed by atoms with E-state index in [1.165, 1.54) is 32.1 Å². The van der Waals surface area contributed by atoms with Gasteiger partial charge in [-0.15, -0.1) is 0 Å². The van der Waals surface area contributed by atoms with Gasteiger partial charge in [-0.3, -0.25) is 4.79 Å². The van der Waals surface area contributed by atoms with E-state index in [1.54, 1.807) is 0 Å². The fourth-order valence-electron chi connectivity index (χ4n) is 5.20. The number of carbonyl (C=O) groups excluding carboxylic acids is 1. The summed E-state index contributed by atoms with van der Waals surface area (Å²) < 4.78 is 0. The Balaban J connectivity index is 1.60. The van der Waals surface area contributed by atoms with Gasteiger partial charge in [0, 0.05) is 18.5 Å². The van der Waals surface area contributed by atoms with Crippen LogP contribution >= 0.6 is 0 Å². The lowest BCUT2D eigenvalue weighted by Gasteiger charge is -2.43. The highest BCUT2D eigenvalue weighted by Gasteiger charge is 2.59. The van der Waals surface area contributed by atoms with Crippen molar-refractivity contribution >= 4 is 5.91 Å². The molecule has 0 radical (unpaired) electrons. The minimum Gasteiger partial charge on any atom is -0.352 e. The Kier molecular flexibility index (Phi) is 3.60. The first-order chi connectivity index (χ1) is 9.42. The van der Waals surface area contributed by atoms with E-state index >= 15 is 0 Å². The van der Waals surface area contributed by atoms with Crippen molar-refractivity contribution in [3.05, 3.63) is 0 Å². The Bertz CT molecular complexity index is 382.